The Kier molecular flexibility index (Phi) is 5.07. The van der Waals surface area contributed by atoms with Crippen molar-refractivity contribution in [1.82, 2.24) is 5.32 Å². The highest BCUT2D eigenvalue weighted by Crippen LogP contribution is 2.30. The Morgan fingerprint density at radius 1 is 1.00 bits per heavy atom. The summed E-state index contributed by atoms with van der Waals surface area (Å²) in [4.78, 5) is 0. The van der Waals surface area contributed by atoms with Crippen LogP contribution in [-0.4, -0.2) is 6.54 Å². The van der Waals surface area contributed by atoms with E-state index in [1.165, 1.54) is 0 Å². The summed E-state index contributed by atoms with van der Waals surface area (Å²) in [6.45, 7) is 6.80. The van der Waals surface area contributed by atoms with Crippen molar-refractivity contribution in [3.05, 3.63) is 70.3 Å². The summed E-state index contributed by atoms with van der Waals surface area (Å²) < 4.78 is 27.8. The second-order valence-corrected chi connectivity index (χ2v) is 5.34. The molecular weight excluding hydrogens is 268 g/mol. The minimum Gasteiger partial charge on any atom is -0.306 e. The molecule has 0 fully saturated rings. The monoisotopic (exact) mass is 289 g/mol. The summed E-state index contributed by atoms with van der Waals surface area (Å²) in [5, 5.41) is 3.35. The van der Waals surface area contributed by atoms with Crippen molar-refractivity contribution in [3.8, 4) is 0 Å². The van der Waals surface area contributed by atoms with Gasteiger partial charge in [-0.3, -0.25) is 0 Å². The van der Waals surface area contributed by atoms with Crippen LogP contribution in [0, 0.1) is 25.5 Å². The molecule has 0 aromatic heterocycles. The molecule has 2 aromatic rings. The quantitative estimate of drug-likeness (QED) is 0.843. The predicted molar refractivity (Wildman–Crippen MR) is 82.4 cm³/mol. The van der Waals surface area contributed by atoms with E-state index < -0.39 is 11.6 Å². The Balaban J connectivity index is 2.55. The maximum absolute atomic E-state index is 14.2. The molecule has 0 bridgehead atoms. The Hall–Kier alpha value is -1.74. The number of nitrogens with one attached hydrogen (secondary N) is 1. The Morgan fingerprint density at radius 2 is 1.62 bits per heavy atom. The second-order valence-electron chi connectivity index (χ2n) is 5.34. The predicted octanol–water partition coefficient (Wildman–Crippen LogP) is 4.67. The van der Waals surface area contributed by atoms with Crippen LogP contribution < -0.4 is 5.32 Å². The minimum absolute atomic E-state index is 0.332. The average Bonchev–Trinajstić information content (AvgIpc) is 2.45. The van der Waals surface area contributed by atoms with Crippen molar-refractivity contribution in [2.75, 3.05) is 6.54 Å². The van der Waals surface area contributed by atoms with E-state index in [-0.39, 0.29) is 6.04 Å². The van der Waals surface area contributed by atoms with Crippen molar-refractivity contribution >= 4 is 0 Å². The summed E-state index contributed by atoms with van der Waals surface area (Å²) in [6, 6.07) is 10.0. The van der Waals surface area contributed by atoms with E-state index in [1.54, 1.807) is 12.1 Å². The molecular formula is C18H21F2N. The van der Waals surface area contributed by atoms with Crippen LogP contribution in [0.25, 0.3) is 0 Å². The zero-order valence-corrected chi connectivity index (χ0v) is 12.7. The SMILES string of the molecule is CCCNC(c1cccc(F)c1F)c1c(C)cccc1C. The summed E-state index contributed by atoms with van der Waals surface area (Å²) in [6.07, 6.45) is 0.929. The molecule has 0 aliphatic heterocycles. The molecule has 0 spiro atoms. The van der Waals surface area contributed by atoms with E-state index in [9.17, 15) is 8.78 Å². The first-order valence-corrected chi connectivity index (χ1v) is 7.29. The van der Waals surface area contributed by atoms with Crippen molar-refractivity contribution in [1.29, 1.82) is 0 Å². The lowest BCUT2D eigenvalue weighted by molar-refractivity contribution is 0.479. The zero-order chi connectivity index (χ0) is 15.4. The van der Waals surface area contributed by atoms with Crippen molar-refractivity contribution < 1.29 is 8.78 Å². The minimum atomic E-state index is -0.804. The van der Waals surface area contributed by atoms with Crippen molar-refractivity contribution in [2.45, 2.75) is 33.2 Å². The van der Waals surface area contributed by atoms with Crippen LogP contribution in [0.5, 0.6) is 0 Å². The van der Waals surface area contributed by atoms with Crippen LogP contribution in [0.1, 0.15) is 41.6 Å². The van der Waals surface area contributed by atoms with Gasteiger partial charge in [-0.2, -0.15) is 0 Å². The highest BCUT2D eigenvalue weighted by Gasteiger charge is 2.22. The van der Waals surface area contributed by atoms with Gasteiger partial charge in [0, 0.05) is 5.56 Å². The highest BCUT2D eigenvalue weighted by molar-refractivity contribution is 5.42. The van der Waals surface area contributed by atoms with Gasteiger partial charge in [0.1, 0.15) is 0 Å². The van der Waals surface area contributed by atoms with Crippen LogP contribution in [0.15, 0.2) is 36.4 Å². The molecule has 2 rings (SSSR count). The lowest BCUT2D eigenvalue weighted by atomic mass is 9.91. The van der Waals surface area contributed by atoms with Gasteiger partial charge in [-0.05, 0) is 49.6 Å². The smallest absolute Gasteiger partial charge is 0.163 e. The van der Waals surface area contributed by atoms with E-state index in [0.717, 1.165) is 35.7 Å². The first-order valence-electron chi connectivity index (χ1n) is 7.29. The number of aryl methyl sites for hydroxylation is 2. The summed E-state index contributed by atoms with van der Waals surface area (Å²) in [5.41, 5.74) is 3.54. The highest BCUT2D eigenvalue weighted by atomic mass is 19.2. The van der Waals surface area contributed by atoms with Crippen LogP contribution in [0.2, 0.25) is 0 Å². The maximum Gasteiger partial charge on any atom is 0.163 e. The molecule has 21 heavy (non-hydrogen) atoms. The molecule has 0 amide bonds. The van der Waals surface area contributed by atoms with Gasteiger partial charge >= 0.3 is 0 Å². The number of hydrogen-bond acceptors (Lipinski definition) is 1. The molecule has 1 atom stereocenters. The van der Waals surface area contributed by atoms with E-state index >= 15 is 0 Å². The molecule has 1 unspecified atom stereocenters. The normalized spacial score (nSPS) is 12.4. The fourth-order valence-corrected chi connectivity index (χ4v) is 2.68. The van der Waals surface area contributed by atoms with Gasteiger partial charge in [0.25, 0.3) is 0 Å². The van der Waals surface area contributed by atoms with Crippen LogP contribution in [-0.2, 0) is 0 Å². The third-order valence-corrected chi connectivity index (χ3v) is 3.72. The number of benzene rings is 2. The Labute approximate surface area is 125 Å². The van der Waals surface area contributed by atoms with E-state index in [2.05, 4.69) is 12.2 Å². The molecule has 0 aliphatic carbocycles. The number of halogens is 2. The lowest BCUT2D eigenvalue weighted by Crippen LogP contribution is -2.26. The molecule has 0 aliphatic rings. The van der Waals surface area contributed by atoms with Gasteiger partial charge in [-0.25, -0.2) is 8.78 Å². The largest absolute Gasteiger partial charge is 0.306 e. The molecule has 1 nitrogen and oxygen atoms in total. The fraction of sp³-hybridized carbons (Fsp3) is 0.333. The Bertz CT molecular complexity index is 602. The third kappa shape index (κ3) is 3.30. The molecule has 3 heteroatoms. The summed E-state index contributed by atoms with van der Waals surface area (Å²) in [5.74, 6) is -1.57. The van der Waals surface area contributed by atoms with Gasteiger partial charge in [-0.15, -0.1) is 0 Å². The summed E-state index contributed by atoms with van der Waals surface area (Å²) in [7, 11) is 0. The standard InChI is InChI=1S/C18H21F2N/c1-4-11-21-18(14-9-6-10-15(19)17(14)20)16-12(2)7-5-8-13(16)3/h5-10,18,21H,4,11H2,1-3H3. The van der Waals surface area contributed by atoms with Gasteiger partial charge < -0.3 is 5.32 Å². The molecule has 0 saturated heterocycles. The van der Waals surface area contributed by atoms with Gasteiger partial charge in [0.05, 0.1) is 6.04 Å². The van der Waals surface area contributed by atoms with E-state index in [4.69, 9.17) is 0 Å². The molecule has 0 radical (unpaired) electrons. The zero-order valence-electron chi connectivity index (χ0n) is 12.7. The topological polar surface area (TPSA) is 12.0 Å². The average molecular weight is 289 g/mol. The first kappa shape index (κ1) is 15.6. The van der Waals surface area contributed by atoms with Gasteiger partial charge in [0.15, 0.2) is 11.6 Å². The van der Waals surface area contributed by atoms with E-state index in [1.807, 2.05) is 32.0 Å². The molecule has 0 saturated carbocycles. The van der Waals surface area contributed by atoms with Crippen molar-refractivity contribution in [3.63, 3.8) is 0 Å². The molecule has 1 N–H and O–H groups in total. The Morgan fingerprint density at radius 3 is 2.24 bits per heavy atom. The third-order valence-electron chi connectivity index (χ3n) is 3.72. The number of hydrogen-bond donors (Lipinski definition) is 1. The van der Waals surface area contributed by atoms with Crippen molar-refractivity contribution in [2.24, 2.45) is 0 Å². The number of rotatable bonds is 5. The molecule has 112 valence electrons. The van der Waals surface area contributed by atoms with Gasteiger partial charge in [-0.1, -0.05) is 37.3 Å². The fourth-order valence-electron chi connectivity index (χ4n) is 2.68. The van der Waals surface area contributed by atoms with Crippen LogP contribution in [0.4, 0.5) is 8.78 Å². The maximum atomic E-state index is 14.2. The van der Waals surface area contributed by atoms with Crippen LogP contribution in [0.3, 0.4) is 0 Å². The van der Waals surface area contributed by atoms with Crippen LogP contribution >= 0.6 is 0 Å². The van der Waals surface area contributed by atoms with Gasteiger partial charge in [0.2, 0.25) is 0 Å². The second kappa shape index (κ2) is 6.81. The molecule has 2 aromatic carbocycles. The lowest BCUT2D eigenvalue weighted by Gasteiger charge is -2.24. The summed E-state index contributed by atoms with van der Waals surface area (Å²) >= 11 is 0. The van der Waals surface area contributed by atoms with E-state index in [0.29, 0.717) is 5.56 Å². The molecule has 0 heterocycles. The first-order chi connectivity index (χ1) is 10.1.